The summed E-state index contributed by atoms with van der Waals surface area (Å²) in [5.74, 6) is -2.65. The van der Waals surface area contributed by atoms with Gasteiger partial charge in [0.25, 0.3) is 0 Å². The molecule has 0 aliphatic carbocycles. The zero-order chi connectivity index (χ0) is 18.4. The van der Waals surface area contributed by atoms with Crippen molar-refractivity contribution in [1.82, 2.24) is 9.97 Å². The van der Waals surface area contributed by atoms with Crippen LogP contribution >= 0.6 is 0 Å². The lowest BCUT2D eigenvalue weighted by Crippen LogP contribution is -2.27. The third-order valence-electron chi connectivity index (χ3n) is 3.32. The topological polar surface area (TPSA) is 121 Å². The van der Waals surface area contributed by atoms with Crippen molar-refractivity contribution in [3.63, 3.8) is 0 Å². The van der Waals surface area contributed by atoms with Crippen molar-refractivity contribution in [1.29, 1.82) is 0 Å². The molecule has 9 heteroatoms. The molecular weight excluding hydrogens is 329 g/mol. The van der Waals surface area contributed by atoms with E-state index in [9.17, 15) is 14.3 Å². The van der Waals surface area contributed by atoms with E-state index in [1.807, 2.05) is 13.8 Å². The maximum Gasteiger partial charge on any atom is 0.316 e. The number of carbonyl (C=O) groups is 1. The normalized spacial score (nSPS) is 13.0. The van der Waals surface area contributed by atoms with Crippen LogP contribution in [0.2, 0.25) is 0 Å². The molecule has 25 heavy (non-hydrogen) atoms. The third kappa shape index (κ3) is 4.65. The molecule has 2 aromatic rings. The fraction of sp³-hybridized carbons (Fsp3) is 0.312. The number of azide groups is 1. The monoisotopic (exact) mass is 345 g/mol. The number of halogens is 1. The van der Waals surface area contributed by atoms with Gasteiger partial charge in [-0.15, -0.1) is 0 Å². The van der Waals surface area contributed by atoms with E-state index in [0.29, 0.717) is 11.1 Å². The van der Waals surface area contributed by atoms with Crippen LogP contribution in [-0.4, -0.2) is 33.2 Å². The van der Waals surface area contributed by atoms with Gasteiger partial charge in [-0.25, -0.2) is 14.4 Å². The SMILES string of the molecule is CC(C)Oc1ncc([C@H](c2ccc(F)cc2)C(N=[N+]=[N-])C(=O)O)cn1. The Hall–Kier alpha value is -3.19. The Morgan fingerprint density at radius 2 is 1.84 bits per heavy atom. The van der Waals surface area contributed by atoms with Crippen molar-refractivity contribution < 1.29 is 19.0 Å². The molecule has 1 aromatic heterocycles. The first-order valence-electron chi connectivity index (χ1n) is 7.43. The highest BCUT2D eigenvalue weighted by Crippen LogP contribution is 2.30. The van der Waals surface area contributed by atoms with Gasteiger partial charge in [-0.05, 0) is 42.6 Å². The van der Waals surface area contributed by atoms with E-state index >= 15 is 0 Å². The van der Waals surface area contributed by atoms with E-state index < -0.39 is 23.7 Å². The molecule has 1 N–H and O–H groups in total. The van der Waals surface area contributed by atoms with Gasteiger partial charge in [0, 0.05) is 23.2 Å². The second-order valence-electron chi connectivity index (χ2n) is 5.48. The summed E-state index contributed by atoms with van der Waals surface area (Å²) < 4.78 is 18.6. The van der Waals surface area contributed by atoms with E-state index in [4.69, 9.17) is 10.3 Å². The van der Waals surface area contributed by atoms with Crippen LogP contribution in [-0.2, 0) is 4.79 Å². The van der Waals surface area contributed by atoms with Crippen molar-refractivity contribution in [3.8, 4) is 6.01 Å². The highest BCUT2D eigenvalue weighted by molar-refractivity contribution is 5.76. The van der Waals surface area contributed by atoms with Crippen LogP contribution in [0.4, 0.5) is 4.39 Å². The summed E-state index contributed by atoms with van der Waals surface area (Å²) in [4.78, 5) is 22.3. The quantitative estimate of drug-likeness (QED) is 0.469. The predicted molar refractivity (Wildman–Crippen MR) is 86.6 cm³/mol. The molecule has 0 radical (unpaired) electrons. The summed E-state index contributed by atoms with van der Waals surface area (Å²) in [6.45, 7) is 3.64. The molecule has 0 spiro atoms. The van der Waals surface area contributed by atoms with Crippen LogP contribution in [0.15, 0.2) is 41.8 Å². The summed E-state index contributed by atoms with van der Waals surface area (Å²) in [5.41, 5.74) is 9.56. The van der Waals surface area contributed by atoms with Crippen LogP contribution in [0.1, 0.15) is 30.9 Å². The Balaban J connectivity index is 2.48. The summed E-state index contributed by atoms with van der Waals surface area (Å²) in [6, 6.07) is 3.98. The molecule has 2 atom stereocenters. The van der Waals surface area contributed by atoms with Gasteiger partial charge in [0.15, 0.2) is 0 Å². The molecule has 8 nitrogen and oxygen atoms in total. The minimum absolute atomic E-state index is 0.117. The van der Waals surface area contributed by atoms with Crippen LogP contribution in [0.25, 0.3) is 10.4 Å². The number of rotatable bonds is 7. The minimum Gasteiger partial charge on any atom is -0.481 e. The van der Waals surface area contributed by atoms with E-state index in [1.54, 1.807) is 0 Å². The summed E-state index contributed by atoms with van der Waals surface area (Å²) >= 11 is 0. The van der Waals surface area contributed by atoms with Gasteiger partial charge in [0.2, 0.25) is 0 Å². The lowest BCUT2D eigenvalue weighted by atomic mass is 9.87. The van der Waals surface area contributed by atoms with E-state index in [2.05, 4.69) is 20.0 Å². The lowest BCUT2D eigenvalue weighted by molar-refractivity contribution is -0.138. The number of nitrogens with zero attached hydrogens (tertiary/aromatic N) is 5. The fourth-order valence-electron chi connectivity index (χ4n) is 2.30. The van der Waals surface area contributed by atoms with Crippen LogP contribution in [0, 0.1) is 5.82 Å². The number of hydrogen-bond acceptors (Lipinski definition) is 5. The standard InChI is InChI=1S/C16H16FN5O3/c1-9(2)25-16-19-7-11(8-20-16)13(14(15(23)24)21-22-18)10-3-5-12(17)6-4-10/h3-9,13-14H,1-2H3,(H,23,24)/t13-,14?/m0/s1. The number of benzene rings is 1. The Bertz CT molecular complexity index is 771. The van der Waals surface area contributed by atoms with E-state index in [-0.39, 0.29) is 12.1 Å². The lowest BCUT2D eigenvalue weighted by Gasteiger charge is -2.21. The molecule has 1 unspecified atom stereocenters. The average molecular weight is 345 g/mol. The van der Waals surface area contributed by atoms with E-state index in [0.717, 1.165) is 0 Å². The van der Waals surface area contributed by atoms with E-state index in [1.165, 1.54) is 36.7 Å². The van der Waals surface area contributed by atoms with Crippen LogP contribution in [0.3, 0.4) is 0 Å². The second-order valence-corrected chi connectivity index (χ2v) is 5.48. The maximum absolute atomic E-state index is 13.2. The third-order valence-corrected chi connectivity index (χ3v) is 3.32. The summed E-state index contributed by atoms with van der Waals surface area (Å²) in [5, 5.41) is 12.8. The number of carboxylic acid groups (broad SMARTS) is 1. The van der Waals surface area contributed by atoms with Crippen molar-refractivity contribution in [2.24, 2.45) is 5.11 Å². The zero-order valence-electron chi connectivity index (χ0n) is 13.6. The molecule has 0 saturated carbocycles. The van der Waals surface area contributed by atoms with Gasteiger partial charge in [0.1, 0.15) is 11.9 Å². The number of ether oxygens (including phenoxy) is 1. The highest BCUT2D eigenvalue weighted by atomic mass is 19.1. The fourth-order valence-corrected chi connectivity index (χ4v) is 2.30. The van der Waals surface area contributed by atoms with Gasteiger partial charge in [-0.2, -0.15) is 0 Å². The zero-order valence-corrected chi connectivity index (χ0v) is 13.6. The molecule has 1 heterocycles. The largest absolute Gasteiger partial charge is 0.481 e. The van der Waals surface area contributed by atoms with Gasteiger partial charge in [0.05, 0.1) is 6.10 Å². The predicted octanol–water partition coefficient (Wildman–Crippen LogP) is 3.30. The first kappa shape index (κ1) is 18.2. The second kappa shape index (κ2) is 8.07. The van der Waals surface area contributed by atoms with Gasteiger partial charge >= 0.3 is 12.0 Å². The molecule has 130 valence electrons. The Morgan fingerprint density at radius 3 is 2.32 bits per heavy atom. The van der Waals surface area contributed by atoms with Gasteiger partial charge < -0.3 is 9.84 Å². The molecule has 1 aromatic carbocycles. The van der Waals surface area contributed by atoms with Crippen molar-refractivity contribution in [3.05, 3.63) is 64.0 Å². The highest BCUT2D eigenvalue weighted by Gasteiger charge is 2.31. The smallest absolute Gasteiger partial charge is 0.316 e. The first-order valence-corrected chi connectivity index (χ1v) is 7.43. The van der Waals surface area contributed by atoms with Crippen molar-refractivity contribution in [2.45, 2.75) is 31.9 Å². The number of hydrogen-bond donors (Lipinski definition) is 1. The molecule has 0 bridgehead atoms. The number of aliphatic carboxylic acids is 1. The molecule has 2 rings (SSSR count). The molecule has 0 aliphatic rings. The van der Waals surface area contributed by atoms with Gasteiger partial charge in [-0.1, -0.05) is 17.2 Å². The molecule has 0 amide bonds. The van der Waals surface area contributed by atoms with Gasteiger partial charge in [-0.3, -0.25) is 4.79 Å². The Labute approximate surface area is 142 Å². The molecule has 0 aliphatic heterocycles. The molecular formula is C16H16FN5O3. The molecule has 0 saturated heterocycles. The number of carboxylic acids is 1. The minimum atomic E-state index is -1.43. The number of aromatic nitrogens is 2. The maximum atomic E-state index is 13.2. The first-order chi connectivity index (χ1) is 11.9. The average Bonchev–Trinajstić information content (AvgIpc) is 2.56. The van der Waals surface area contributed by atoms with Crippen molar-refractivity contribution >= 4 is 5.97 Å². The molecule has 0 fully saturated rings. The Morgan fingerprint density at radius 1 is 1.24 bits per heavy atom. The summed E-state index contributed by atoms with van der Waals surface area (Å²) in [6.07, 6.45) is 2.69. The van der Waals surface area contributed by atoms with Crippen LogP contribution in [0.5, 0.6) is 6.01 Å². The Kier molecular flexibility index (Phi) is 5.86. The van der Waals surface area contributed by atoms with Crippen LogP contribution < -0.4 is 4.74 Å². The van der Waals surface area contributed by atoms with Crippen molar-refractivity contribution in [2.75, 3.05) is 0 Å². The summed E-state index contributed by atoms with van der Waals surface area (Å²) in [7, 11) is 0.